The fourth-order valence-electron chi connectivity index (χ4n) is 1.29. The second-order valence-electron chi connectivity index (χ2n) is 2.84. The number of nitriles is 1. The lowest BCUT2D eigenvalue weighted by Gasteiger charge is -1.95. The quantitative estimate of drug-likeness (QED) is 0.617. The summed E-state index contributed by atoms with van der Waals surface area (Å²) in [5.41, 5.74) is 1.37. The molecule has 5 heteroatoms. The summed E-state index contributed by atoms with van der Waals surface area (Å²) in [7, 11) is 0. The first-order valence-corrected chi connectivity index (χ1v) is 5.27. The van der Waals surface area contributed by atoms with Crippen molar-refractivity contribution < 1.29 is 9.21 Å². The molecule has 2 aromatic rings. The predicted octanol–water partition coefficient (Wildman–Crippen LogP) is 2.28. The van der Waals surface area contributed by atoms with Crippen LogP contribution in [-0.4, -0.2) is 16.1 Å². The van der Waals surface area contributed by atoms with Gasteiger partial charge in [0, 0.05) is 5.56 Å². The highest BCUT2D eigenvalue weighted by atomic mass is 79.9. The molecule has 0 radical (unpaired) electrons. The van der Waals surface area contributed by atoms with Crippen LogP contribution in [-0.2, 0) is 0 Å². The van der Waals surface area contributed by atoms with Crippen molar-refractivity contribution in [2.45, 2.75) is 0 Å². The molecule has 0 saturated carbocycles. The number of fused-ring (bicyclic) bond motifs is 1. The maximum absolute atomic E-state index is 11.5. The normalized spacial score (nSPS) is 10.1. The van der Waals surface area contributed by atoms with Gasteiger partial charge in [-0.1, -0.05) is 22.0 Å². The fourth-order valence-corrected chi connectivity index (χ4v) is 1.60. The van der Waals surface area contributed by atoms with Crippen LogP contribution in [0, 0.1) is 11.3 Å². The summed E-state index contributed by atoms with van der Waals surface area (Å²) < 4.78 is 5.11. The zero-order valence-electron chi connectivity index (χ0n) is 7.53. The van der Waals surface area contributed by atoms with E-state index in [-0.39, 0.29) is 17.0 Å². The van der Waals surface area contributed by atoms with E-state index in [0.29, 0.717) is 16.7 Å². The molecule has 0 saturated heterocycles. The Labute approximate surface area is 93.6 Å². The number of benzene rings is 1. The number of ketones is 1. The Morgan fingerprint density at radius 3 is 3.07 bits per heavy atom. The number of hydrogen-bond acceptors (Lipinski definition) is 4. The molecule has 1 heterocycles. The van der Waals surface area contributed by atoms with Crippen LogP contribution < -0.4 is 0 Å². The topological polar surface area (TPSA) is 66.9 Å². The zero-order chi connectivity index (χ0) is 10.8. The smallest absolute Gasteiger partial charge is 0.301 e. The van der Waals surface area contributed by atoms with E-state index in [1.807, 2.05) is 0 Å². The molecule has 15 heavy (non-hydrogen) atoms. The molecule has 0 bridgehead atoms. The van der Waals surface area contributed by atoms with Gasteiger partial charge in [-0.25, -0.2) is 0 Å². The van der Waals surface area contributed by atoms with E-state index in [2.05, 4.69) is 20.9 Å². The predicted molar refractivity (Wildman–Crippen MR) is 56.8 cm³/mol. The van der Waals surface area contributed by atoms with Gasteiger partial charge in [-0.15, -0.1) is 0 Å². The second-order valence-corrected chi connectivity index (χ2v) is 3.40. The van der Waals surface area contributed by atoms with Crippen molar-refractivity contribution in [2.24, 2.45) is 0 Å². The molecule has 2 rings (SSSR count). The molecule has 0 aliphatic rings. The fraction of sp³-hybridized carbons (Fsp3) is 0.100. The molecular formula is C10H5BrN2O2. The van der Waals surface area contributed by atoms with Crippen molar-refractivity contribution in [1.82, 2.24) is 4.98 Å². The SMILES string of the molecule is N#Cc1nc2c(C(=O)CBr)cccc2o1. The Kier molecular flexibility index (Phi) is 2.52. The molecule has 0 spiro atoms. The Balaban J connectivity index is 2.71. The third-order valence-corrected chi connectivity index (χ3v) is 2.45. The van der Waals surface area contributed by atoms with Gasteiger partial charge in [0.1, 0.15) is 5.52 Å². The van der Waals surface area contributed by atoms with Crippen LogP contribution in [0.3, 0.4) is 0 Å². The lowest BCUT2D eigenvalue weighted by molar-refractivity contribution is 0.102. The Bertz CT molecular complexity index is 568. The largest absolute Gasteiger partial charge is 0.428 e. The number of aromatic nitrogens is 1. The molecular weight excluding hydrogens is 260 g/mol. The summed E-state index contributed by atoms with van der Waals surface area (Å²) in [5.74, 6) is -0.113. The summed E-state index contributed by atoms with van der Waals surface area (Å²) in [4.78, 5) is 15.4. The average Bonchev–Trinajstić information content (AvgIpc) is 2.70. The molecule has 1 aromatic carbocycles. The van der Waals surface area contributed by atoms with E-state index >= 15 is 0 Å². The van der Waals surface area contributed by atoms with Crippen molar-refractivity contribution in [1.29, 1.82) is 5.26 Å². The van der Waals surface area contributed by atoms with Crippen LogP contribution in [0.25, 0.3) is 11.1 Å². The van der Waals surface area contributed by atoms with Gasteiger partial charge in [0.05, 0.1) is 5.33 Å². The van der Waals surface area contributed by atoms with Crippen molar-refractivity contribution >= 4 is 32.8 Å². The lowest BCUT2D eigenvalue weighted by atomic mass is 10.1. The first-order chi connectivity index (χ1) is 7.26. The number of carbonyl (C=O) groups excluding carboxylic acids is 1. The summed E-state index contributed by atoms with van der Waals surface area (Å²) in [6, 6.07) is 6.84. The van der Waals surface area contributed by atoms with Gasteiger partial charge in [0.15, 0.2) is 17.4 Å². The Morgan fingerprint density at radius 1 is 1.60 bits per heavy atom. The summed E-state index contributed by atoms with van der Waals surface area (Å²) >= 11 is 3.09. The number of carbonyl (C=O) groups is 1. The highest BCUT2D eigenvalue weighted by Crippen LogP contribution is 2.20. The third kappa shape index (κ3) is 1.64. The van der Waals surface area contributed by atoms with Crippen LogP contribution in [0.2, 0.25) is 0 Å². The Morgan fingerprint density at radius 2 is 2.40 bits per heavy atom. The van der Waals surface area contributed by atoms with Gasteiger partial charge in [-0.2, -0.15) is 10.2 Å². The van der Waals surface area contributed by atoms with Crippen molar-refractivity contribution in [3.05, 3.63) is 29.7 Å². The number of alkyl halides is 1. The van der Waals surface area contributed by atoms with Gasteiger partial charge >= 0.3 is 5.89 Å². The van der Waals surface area contributed by atoms with Crippen LogP contribution >= 0.6 is 15.9 Å². The first-order valence-electron chi connectivity index (χ1n) is 4.15. The van der Waals surface area contributed by atoms with Crippen molar-refractivity contribution in [3.63, 3.8) is 0 Å². The third-order valence-electron chi connectivity index (χ3n) is 1.94. The highest BCUT2D eigenvalue weighted by molar-refractivity contribution is 9.09. The van der Waals surface area contributed by atoms with Gasteiger partial charge in [0.2, 0.25) is 0 Å². The van der Waals surface area contributed by atoms with Crippen molar-refractivity contribution in [3.8, 4) is 6.07 Å². The maximum atomic E-state index is 11.5. The van der Waals surface area contributed by atoms with Gasteiger partial charge < -0.3 is 4.42 Å². The number of Topliss-reactive ketones (excluding diaryl/α,β-unsaturated/α-hetero) is 1. The van der Waals surface area contributed by atoms with Crippen LogP contribution in [0.1, 0.15) is 16.2 Å². The van der Waals surface area contributed by atoms with E-state index in [4.69, 9.17) is 9.68 Å². The number of para-hydroxylation sites is 1. The maximum Gasteiger partial charge on any atom is 0.301 e. The molecule has 0 aliphatic heterocycles. The summed E-state index contributed by atoms with van der Waals surface area (Å²) in [6.45, 7) is 0. The minimum absolute atomic E-state index is 0.0279. The van der Waals surface area contributed by atoms with Gasteiger partial charge in [-0.05, 0) is 12.1 Å². The molecule has 1 aromatic heterocycles. The van der Waals surface area contributed by atoms with E-state index in [0.717, 1.165) is 0 Å². The van der Waals surface area contributed by atoms with E-state index < -0.39 is 0 Å². The minimum Gasteiger partial charge on any atom is -0.428 e. The van der Waals surface area contributed by atoms with Crippen LogP contribution in [0.5, 0.6) is 0 Å². The van der Waals surface area contributed by atoms with E-state index in [1.54, 1.807) is 24.3 Å². The standard InChI is InChI=1S/C10H5BrN2O2/c11-4-7(14)6-2-1-3-8-10(6)13-9(5-12)15-8/h1-3H,4H2. The van der Waals surface area contributed by atoms with Gasteiger partial charge in [0.25, 0.3) is 0 Å². The van der Waals surface area contributed by atoms with Crippen LogP contribution in [0.4, 0.5) is 0 Å². The molecule has 0 aliphatic carbocycles. The summed E-state index contributed by atoms with van der Waals surface area (Å²) in [6.07, 6.45) is 0. The summed E-state index contributed by atoms with van der Waals surface area (Å²) in [5, 5.41) is 8.85. The lowest BCUT2D eigenvalue weighted by Crippen LogP contribution is -2.00. The second kappa shape index (κ2) is 3.83. The molecule has 0 atom stereocenters. The minimum atomic E-state index is -0.0848. The molecule has 0 amide bonds. The number of hydrogen-bond donors (Lipinski definition) is 0. The van der Waals surface area contributed by atoms with E-state index in [1.165, 1.54) is 0 Å². The number of rotatable bonds is 2. The molecule has 4 nitrogen and oxygen atoms in total. The monoisotopic (exact) mass is 264 g/mol. The van der Waals surface area contributed by atoms with Crippen LogP contribution in [0.15, 0.2) is 22.6 Å². The number of oxazole rings is 1. The highest BCUT2D eigenvalue weighted by Gasteiger charge is 2.13. The van der Waals surface area contributed by atoms with E-state index in [9.17, 15) is 4.79 Å². The van der Waals surface area contributed by atoms with Crippen molar-refractivity contribution in [2.75, 3.05) is 5.33 Å². The molecule has 0 N–H and O–H groups in total. The number of halogens is 1. The zero-order valence-corrected chi connectivity index (χ0v) is 9.11. The average molecular weight is 265 g/mol. The molecule has 74 valence electrons. The Hall–Kier alpha value is -1.67. The molecule has 0 unspecified atom stereocenters. The first kappa shape index (κ1) is 9.87. The molecule has 0 fully saturated rings. The van der Waals surface area contributed by atoms with Gasteiger partial charge in [-0.3, -0.25) is 4.79 Å². The number of nitrogens with zero attached hydrogens (tertiary/aromatic N) is 2.